The number of nitrogens with two attached hydrogens (primary N) is 3. The molecule has 0 bridgehead atoms. The van der Waals surface area contributed by atoms with Crippen LogP contribution in [0.4, 0.5) is 17.5 Å². The first-order valence-electron chi connectivity index (χ1n) is 9.80. The van der Waals surface area contributed by atoms with Gasteiger partial charge in [0.2, 0.25) is 11.7 Å². The van der Waals surface area contributed by atoms with E-state index in [0.29, 0.717) is 46.5 Å². The summed E-state index contributed by atoms with van der Waals surface area (Å²) in [6.07, 6.45) is 1.12. The molecule has 0 fully saturated rings. The fourth-order valence-corrected chi connectivity index (χ4v) is 2.97. The van der Waals surface area contributed by atoms with Crippen LogP contribution in [0.15, 0.2) is 42.6 Å². The zero-order valence-corrected chi connectivity index (χ0v) is 17.9. The topological polar surface area (TPSA) is 161 Å². The van der Waals surface area contributed by atoms with Crippen LogP contribution in [-0.4, -0.2) is 48.6 Å². The van der Waals surface area contributed by atoms with Crippen LogP contribution < -0.4 is 36.1 Å². The maximum Gasteiger partial charge on any atom is 0.221 e. The Bertz CT molecular complexity index is 1050. The van der Waals surface area contributed by atoms with Crippen LogP contribution in [-0.2, 0) is 6.42 Å². The summed E-state index contributed by atoms with van der Waals surface area (Å²) in [5.74, 6) is 2.29. The Labute approximate surface area is 185 Å². The third-order valence-electron chi connectivity index (χ3n) is 4.57. The first-order valence-corrected chi connectivity index (χ1v) is 9.80. The second-order valence-corrected chi connectivity index (χ2v) is 6.99. The SMILES string of the molecule is COc1cc(Cc2cnc(N)nc2N)cc(OCC(O)COc2ccc(N)cc2)c1OC. The van der Waals surface area contributed by atoms with Crippen molar-refractivity contribution in [3.8, 4) is 23.0 Å². The van der Waals surface area contributed by atoms with E-state index in [0.717, 1.165) is 5.56 Å². The molecule has 0 saturated heterocycles. The van der Waals surface area contributed by atoms with Crippen LogP contribution in [0.25, 0.3) is 0 Å². The monoisotopic (exact) mass is 441 g/mol. The predicted molar refractivity (Wildman–Crippen MR) is 121 cm³/mol. The number of aliphatic hydroxyl groups is 1. The molecule has 3 rings (SSSR count). The lowest BCUT2D eigenvalue weighted by Crippen LogP contribution is -2.25. The first kappa shape index (κ1) is 22.8. The van der Waals surface area contributed by atoms with E-state index in [-0.39, 0.29) is 19.2 Å². The van der Waals surface area contributed by atoms with Crippen LogP contribution in [0.2, 0.25) is 0 Å². The zero-order chi connectivity index (χ0) is 23.1. The molecule has 0 amide bonds. The third-order valence-corrected chi connectivity index (χ3v) is 4.57. The van der Waals surface area contributed by atoms with Gasteiger partial charge in [-0.1, -0.05) is 0 Å². The summed E-state index contributed by atoms with van der Waals surface area (Å²) >= 11 is 0. The van der Waals surface area contributed by atoms with Gasteiger partial charge in [-0.15, -0.1) is 0 Å². The number of anilines is 3. The van der Waals surface area contributed by atoms with Gasteiger partial charge < -0.3 is 41.3 Å². The molecule has 170 valence electrons. The number of methoxy groups -OCH3 is 2. The minimum absolute atomic E-state index is 0.0228. The number of rotatable bonds is 10. The molecule has 10 nitrogen and oxygen atoms in total. The minimum atomic E-state index is -0.881. The lowest BCUT2D eigenvalue weighted by Gasteiger charge is -2.18. The molecule has 0 aliphatic carbocycles. The lowest BCUT2D eigenvalue weighted by atomic mass is 10.1. The highest BCUT2D eigenvalue weighted by molar-refractivity contribution is 5.55. The first-order chi connectivity index (χ1) is 15.4. The predicted octanol–water partition coefficient (Wildman–Crippen LogP) is 1.65. The molecule has 1 unspecified atom stereocenters. The van der Waals surface area contributed by atoms with Gasteiger partial charge in [0, 0.05) is 23.9 Å². The van der Waals surface area contributed by atoms with Gasteiger partial charge in [-0.05, 0) is 42.0 Å². The number of hydrogen-bond donors (Lipinski definition) is 4. The number of aliphatic hydroxyl groups excluding tert-OH is 1. The van der Waals surface area contributed by atoms with Crippen molar-refractivity contribution in [3.63, 3.8) is 0 Å². The standard InChI is InChI=1S/C22H27N5O5/c1-29-18-8-13(7-14-10-26-22(25)27-21(14)24)9-19(20(18)30-2)32-12-16(28)11-31-17-5-3-15(23)4-6-17/h3-6,8-10,16,28H,7,11-12,23H2,1-2H3,(H4,24,25,26,27). The van der Waals surface area contributed by atoms with Crippen molar-refractivity contribution in [1.29, 1.82) is 0 Å². The van der Waals surface area contributed by atoms with Gasteiger partial charge in [0.1, 0.15) is 30.9 Å². The maximum atomic E-state index is 10.3. The van der Waals surface area contributed by atoms with E-state index in [1.165, 1.54) is 14.2 Å². The van der Waals surface area contributed by atoms with Crippen molar-refractivity contribution in [2.24, 2.45) is 0 Å². The van der Waals surface area contributed by atoms with Crippen molar-refractivity contribution >= 4 is 17.5 Å². The summed E-state index contributed by atoms with van der Waals surface area (Å²) in [5, 5.41) is 10.3. The van der Waals surface area contributed by atoms with E-state index in [4.69, 9.17) is 36.1 Å². The molecule has 7 N–H and O–H groups in total. The van der Waals surface area contributed by atoms with E-state index < -0.39 is 6.10 Å². The molecule has 10 heteroatoms. The Morgan fingerprint density at radius 1 is 0.938 bits per heavy atom. The van der Waals surface area contributed by atoms with Gasteiger partial charge in [-0.3, -0.25) is 0 Å². The minimum Gasteiger partial charge on any atom is -0.493 e. The van der Waals surface area contributed by atoms with Crippen LogP contribution in [0.5, 0.6) is 23.0 Å². The maximum absolute atomic E-state index is 10.3. The molecule has 3 aromatic rings. The molecule has 0 spiro atoms. The molecule has 0 aliphatic rings. The lowest BCUT2D eigenvalue weighted by molar-refractivity contribution is 0.0615. The normalized spacial score (nSPS) is 11.6. The number of ether oxygens (including phenoxy) is 4. The molecule has 1 atom stereocenters. The van der Waals surface area contributed by atoms with Crippen LogP contribution in [0.3, 0.4) is 0 Å². The Balaban J connectivity index is 1.71. The van der Waals surface area contributed by atoms with Crippen molar-refractivity contribution in [2.75, 3.05) is 44.6 Å². The van der Waals surface area contributed by atoms with Crippen molar-refractivity contribution in [3.05, 3.63) is 53.7 Å². The van der Waals surface area contributed by atoms with E-state index >= 15 is 0 Å². The number of nitrogen functional groups attached to an aromatic ring is 3. The summed E-state index contributed by atoms with van der Waals surface area (Å²) in [5.41, 5.74) is 19.3. The van der Waals surface area contributed by atoms with E-state index in [2.05, 4.69) is 9.97 Å². The number of benzene rings is 2. The largest absolute Gasteiger partial charge is 0.493 e. The second kappa shape index (κ2) is 10.4. The highest BCUT2D eigenvalue weighted by Crippen LogP contribution is 2.39. The summed E-state index contributed by atoms with van der Waals surface area (Å²) in [4.78, 5) is 7.97. The van der Waals surface area contributed by atoms with E-state index in [1.54, 1.807) is 36.5 Å². The molecular formula is C22H27N5O5. The van der Waals surface area contributed by atoms with Crippen LogP contribution >= 0.6 is 0 Å². The molecule has 2 aromatic carbocycles. The van der Waals surface area contributed by atoms with Crippen molar-refractivity contribution < 1.29 is 24.1 Å². The van der Waals surface area contributed by atoms with Crippen LogP contribution in [0.1, 0.15) is 11.1 Å². The van der Waals surface area contributed by atoms with Gasteiger partial charge in [0.25, 0.3) is 0 Å². The van der Waals surface area contributed by atoms with Crippen LogP contribution in [0, 0.1) is 0 Å². The molecule has 0 radical (unpaired) electrons. The Hall–Kier alpha value is -3.92. The number of aromatic nitrogens is 2. The molecule has 0 saturated carbocycles. The molecule has 0 aliphatic heterocycles. The summed E-state index contributed by atoms with van der Waals surface area (Å²) in [7, 11) is 3.04. The fraction of sp³-hybridized carbons (Fsp3) is 0.273. The summed E-state index contributed by atoms with van der Waals surface area (Å²) < 4.78 is 22.3. The zero-order valence-electron chi connectivity index (χ0n) is 17.9. The van der Waals surface area contributed by atoms with Gasteiger partial charge in [0.15, 0.2) is 11.5 Å². The Morgan fingerprint density at radius 2 is 1.62 bits per heavy atom. The third kappa shape index (κ3) is 5.82. The average molecular weight is 441 g/mol. The van der Waals surface area contributed by atoms with Crippen molar-refractivity contribution in [1.82, 2.24) is 9.97 Å². The molecular weight excluding hydrogens is 414 g/mol. The summed E-state index contributed by atoms with van der Waals surface area (Å²) in [6.45, 7) is 0.0213. The van der Waals surface area contributed by atoms with Gasteiger partial charge in [-0.25, -0.2) is 4.98 Å². The van der Waals surface area contributed by atoms with Gasteiger partial charge in [-0.2, -0.15) is 4.98 Å². The van der Waals surface area contributed by atoms with E-state index in [1.807, 2.05) is 6.07 Å². The highest BCUT2D eigenvalue weighted by atomic mass is 16.5. The number of hydrogen-bond acceptors (Lipinski definition) is 10. The summed E-state index contributed by atoms with van der Waals surface area (Å²) in [6, 6.07) is 10.5. The number of nitrogens with zero attached hydrogens (tertiary/aromatic N) is 2. The molecule has 1 aromatic heterocycles. The second-order valence-electron chi connectivity index (χ2n) is 6.99. The highest BCUT2D eigenvalue weighted by Gasteiger charge is 2.17. The smallest absolute Gasteiger partial charge is 0.221 e. The van der Waals surface area contributed by atoms with E-state index in [9.17, 15) is 5.11 Å². The molecule has 1 heterocycles. The fourth-order valence-electron chi connectivity index (χ4n) is 2.97. The van der Waals surface area contributed by atoms with Gasteiger partial charge in [0.05, 0.1) is 14.2 Å². The molecule has 32 heavy (non-hydrogen) atoms. The van der Waals surface area contributed by atoms with Crippen molar-refractivity contribution in [2.45, 2.75) is 12.5 Å². The Morgan fingerprint density at radius 3 is 2.28 bits per heavy atom. The average Bonchev–Trinajstić information content (AvgIpc) is 2.78. The van der Waals surface area contributed by atoms with Gasteiger partial charge >= 0.3 is 0 Å². The quantitative estimate of drug-likeness (QED) is 0.340. The Kier molecular flexibility index (Phi) is 7.40.